The Hall–Kier alpha value is -1.69. The SMILES string of the molecule is Cc1cc(NC2(CN)CCC(C)CC2)n2ncnc2n1. The van der Waals surface area contributed by atoms with E-state index in [1.165, 1.54) is 19.2 Å². The number of fused-ring (bicyclic) bond motifs is 1. The predicted octanol–water partition coefficient (Wildman–Crippen LogP) is 1.75. The molecule has 108 valence electrons. The van der Waals surface area contributed by atoms with E-state index in [-0.39, 0.29) is 5.54 Å². The van der Waals surface area contributed by atoms with Gasteiger partial charge in [-0.3, -0.25) is 0 Å². The molecule has 0 atom stereocenters. The number of nitrogens with one attached hydrogen (secondary N) is 1. The third-order valence-electron chi connectivity index (χ3n) is 4.40. The number of nitrogens with zero attached hydrogens (tertiary/aromatic N) is 4. The normalized spacial score (nSPS) is 26.9. The van der Waals surface area contributed by atoms with Gasteiger partial charge in [-0.1, -0.05) is 6.92 Å². The maximum Gasteiger partial charge on any atom is 0.254 e. The summed E-state index contributed by atoms with van der Waals surface area (Å²) in [6, 6.07) is 2.01. The summed E-state index contributed by atoms with van der Waals surface area (Å²) in [5.41, 5.74) is 6.97. The molecule has 0 spiro atoms. The first kappa shape index (κ1) is 13.3. The lowest BCUT2D eigenvalue weighted by molar-refractivity contribution is 0.271. The van der Waals surface area contributed by atoms with Crippen LogP contribution in [0.25, 0.3) is 5.78 Å². The van der Waals surface area contributed by atoms with Crippen molar-refractivity contribution in [3.8, 4) is 0 Å². The summed E-state index contributed by atoms with van der Waals surface area (Å²) in [5.74, 6) is 2.36. The van der Waals surface area contributed by atoms with E-state index in [4.69, 9.17) is 5.73 Å². The van der Waals surface area contributed by atoms with Gasteiger partial charge in [0.2, 0.25) is 0 Å². The largest absolute Gasteiger partial charge is 0.363 e. The van der Waals surface area contributed by atoms with Crippen molar-refractivity contribution in [1.29, 1.82) is 0 Å². The third kappa shape index (κ3) is 2.35. The topological polar surface area (TPSA) is 81.1 Å². The molecule has 3 rings (SSSR count). The zero-order valence-corrected chi connectivity index (χ0v) is 12.1. The van der Waals surface area contributed by atoms with Crippen LogP contribution in [0.4, 0.5) is 5.82 Å². The summed E-state index contributed by atoms with van der Waals surface area (Å²) in [5, 5.41) is 7.88. The van der Waals surface area contributed by atoms with Crippen LogP contribution in [0.2, 0.25) is 0 Å². The molecule has 0 unspecified atom stereocenters. The zero-order chi connectivity index (χ0) is 14.2. The molecule has 0 bridgehead atoms. The highest BCUT2D eigenvalue weighted by Gasteiger charge is 2.33. The Kier molecular flexibility index (Phi) is 3.33. The molecule has 6 heteroatoms. The summed E-state index contributed by atoms with van der Waals surface area (Å²) in [7, 11) is 0. The fourth-order valence-electron chi connectivity index (χ4n) is 2.99. The van der Waals surface area contributed by atoms with Crippen molar-refractivity contribution >= 4 is 11.6 Å². The molecule has 0 saturated heterocycles. The molecule has 1 aliphatic rings. The van der Waals surface area contributed by atoms with Crippen molar-refractivity contribution in [2.45, 2.75) is 45.1 Å². The zero-order valence-electron chi connectivity index (χ0n) is 12.1. The Morgan fingerprint density at radius 1 is 1.45 bits per heavy atom. The van der Waals surface area contributed by atoms with Crippen LogP contribution in [-0.2, 0) is 0 Å². The second-order valence-electron chi connectivity index (χ2n) is 6.05. The lowest BCUT2D eigenvalue weighted by atomic mass is 9.77. The smallest absolute Gasteiger partial charge is 0.254 e. The van der Waals surface area contributed by atoms with Crippen LogP contribution in [-0.4, -0.2) is 31.7 Å². The highest BCUT2D eigenvalue weighted by Crippen LogP contribution is 2.34. The maximum atomic E-state index is 6.07. The molecule has 2 heterocycles. The summed E-state index contributed by atoms with van der Waals surface area (Å²) < 4.78 is 1.75. The van der Waals surface area contributed by atoms with E-state index in [1.54, 1.807) is 4.52 Å². The van der Waals surface area contributed by atoms with Crippen LogP contribution in [0.3, 0.4) is 0 Å². The molecule has 2 aromatic heterocycles. The third-order valence-corrected chi connectivity index (χ3v) is 4.40. The lowest BCUT2D eigenvalue weighted by Gasteiger charge is -2.40. The number of hydrogen-bond donors (Lipinski definition) is 2. The maximum absolute atomic E-state index is 6.07. The van der Waals surface area contributed by atoms with Gasteiger partial charge in [0, 0.05) is 18.3 Å². The van der Waals surface area contributed by atoms with Crippen LogP contribution >= 0.6 is 0 Å². The first-order valence-electron chi connectivity index (χ1n) is 7.27. The van der Waals surface area contributed by atoms with Gasteiger partial charge >= 0.3 is 0 Å². The van der Waals surface area contributed by atoms with E-state index in [2.05, 4.69) is 27.3 Å². The Bertz CT molecular complexity index is 597. The minimum atomic E-state index is -0.0286. The first-order valence-corrected chi connectivity index (χ1v) is 7.27. The van der Waals surface area contributed by atoms with Crippen molar-refractivity contribution < 1.29 is 0 Å². The number of aryl methyl sites for hydroxylation is 1. The second-order valence-corrected chi connectivity index (χ2v) is 6.05. The van der Waals surface area contributed by atoms with Crippen LogP contribution in [0.1, 0.15) is 38.3 Å². The predicted molar refractivity (Wildman–Crippen MR) is 78.6 cm³/mol. The molecule has 0 aliphatic heterocycles. The molecule has 1 fully saturated rings. The van der Waals surface area contributed by atoms with Gasteiger partial charge in [-0.05, 0) is 38.5 Å². The molecular weight excluding hydrogens is 252 g/mol. The Morgan fingerprint density at radius 3 is 2.90 bits per heavy atom. The Labute approximate surface area is 118 Å². The lowest BCUT2D eigenvalue weighted by Crippen LogP contribution is -2.48. The molecular formula is C14H22N6. The number of nitrogens with two attached hydrogens (primary N) is 1. The van der Waals surface area contributed by atoms with Gasteiger partial charge in [-0.25, -0.2) is 4.98 Å². The summed E-state index contributed by atoms with van der Waals surface area (Å²) >= 11 is 0. The van der Waals surface area contributed by atoms with E-state index >= 15 is 0 Å². The van der Waals surface area contributed by atoms with Crippen molar-refractivity contribution in [3.63, 3.8) is 0 Å². The van der Waals surface area contributed by atoms with Gasteiger partial charge in [-0.15, -0.1) is 0 Å². The highest BCUT2D eigenvalue weighted by atomic mass is 15.4. The van der Waals surface area contributed by atoms with Crippen molar-refractivity contribution in [3.05, 3.63) is 18.1 Å². The van der Waals surface area contributed by atoms with Gasteiger partial charge < -0.3 is 11.1 Å². The summed E-state index contributed by atoms with van der Waals surface area (Å²) in [6.07, 6.45) is 6.17. The number of rotatable bonds is 3. The van der Waals surface area contributed by atoms with E-state index in [9.17, 15) is 0 Å². The molecule has 2 aromatic rings. The van der Waals surface area contributed by atoms with Crippen molar-refractivity contribution in [2.75, 3.05) is 11.9 Å². The fraction of sp³-hybridized carbons (Fsp3) is 0.643. The second kappa shape index (κ2) is 5.01. The average Bonchev–Trinajstić information content (AvgIpc) is 2.90. The van der Waals surface area contributed by atoms with Crippen molar-refractivity contribution in [2.24, 2.45) is 11.7 Å². The molecule has 6 nitrogen and oxygen atoms in total. The minimum absolute atomic E-state index is 0.0286. The average molecular weight is 274 g/mol. The summed E-state index contributed by atoms with van der Waals surface area (Å²) in [4.78, 5) is 8.53. The van der Waals surface area contributed by atoms with E-state index in [0.717, 1.165) is 30.3 Å². The first-order chi connectivity index (χ1) is 9.62. The quantitative estimate of drug-likeness (QED) is 0.891. The minimum Gasteiger partial charge on any atom is -0.363 e. The van der Waals surface area contributed by atoms with Crippen LogP contribution in [0.15, 0.2) is 12.4 Å². The van der Waals surface area contributed by atoms with Crippen LogP contribution in [0.5, 0.6) is 0 Å². The summed E-state index contributed by atoms with van der Waals surface area (Å²) in [6.45, 7) is 4.92. The van der Waals surface area contributed by atoms with E-state index in [1.807, 2.05) is 13.0 Å². The van der Waals surface area contributed by atoms with Crippen LogP contribution in [0, 0.1) is 12.8 Å². The number of hydrogen-bond acceptors (Lipinski definition) is 5. The molecule has 0 aromatic carbocycles. The number of aromatic nitrogens is 4. The molecule has 0 radical (unpaired) electrons. The van der Waals surface area contributed by atoms with Gasteiger partial charge in [0.05, 0.1) is 5.54 Å². The monoisotopic (exact) mass is 274 g/mol. The molecule has 3 N–H and O–H groups in total. The molecule has 0 amide bonds. The fourth-order valence-corrected chi connectivity index (χ4v) is 2.99. The standard InChI is InChI=1S/C14H22N6/c1-10-3-5-14(8-15,6-4-10)19-12-7-11(2)18-13-16-9-17-20(12)13/h7,9-10,19H,3-6,8,15H2,1-2H3. The van der Waals surface area contributed by atoms with Crippen molar-refractivity contribution in [1.82, 2.24) is 19.6 Å². The van der Waals surface area contributed by atoms with E-state index in [0.29, 0.717) is 12.3 Å². The van der Waals surface area contributed by atoms with Gasteiger partial charge in [0.1, 0.15) is 12.1 Å². The van der Waals surface area contributed by atoms with Gasteiger partial charge in [-0.2, -0.15) is 14.6 Å². The molecule has 1 aliphatic carbocycles. The van der Waals surface area contributed by atoms with Gasteiger partial charge in [0.15, 0.2) is 0 Å². The highest BCUT2D eigenvalue weighted by molar-refractivity contribution is 5.46. The molecule has 20 heavy (non-hydrogen) atoms. The Balaban J connectivity index is 1.93. The molecule has 1 saturated carbocycles. The van der Waals surface area contributed by atoms with Crippen LogP contribution < -0.4 is 11.1 Å². The van der Waals surface area contributed by atoms with Gasteiger partial charge in [0.25, 0.3) is 5.78 Å². The number of anilines is 1. The Morgan fingerprint density at radius 2 is 2.20 bits per heavy atom. The van der Waals surface area contributed by atoms with E-state index < -0.39 is 0 Å².